The van der Waals surface area contributed by atoms with Gasteiger partial charge in [-0.05, 0) is 71.6 Å². The molecule has 1 fully saturated rings. The maximum Gasteiger partial charge on any atom is 0.309 e. The number of hydrogen-bond donors (Lipinski definition) is 3. The monoisotopic (exact) mass is 370 g/mol. The summed E-state index contributed by atoms with van der Waals surface area (Å²) in [6, 6.07) is 0. The van der Waals surface area contributed by atoms with E-state index in [0.717, 1.165) is 51.4 Å². The van der Waals surface area contributed by atoms with Crippen LogP contribution in [-0.4, -0.2) is 33.4 Å². The Bertz CT molecular complexity index is 461. The smallest absolute Gasteiger partial charge is 0.309 e. The van der Waals surface area contributed by atoms with Crippen molar-refractivity contribution < 1.29 is 24.9 Å². The van der Waals surface area contributed by atoms with Crippen molar-refractivity contribution in [3.63, 3.8) is 0 Å². The van der Waals surface area contributed by atoms with E-state index in [1.165, 1.54) is 0 Å². The molecule has 1 aliphatic carbocycles. The normalized spacial score (nSPS) is 22.8. The van der Waals surface area contributed by atoms with Crippen molar-refractivity contribution in [1.82, 2.24) is 0 Å². The zero-order valence-corrected chi connectivity index (χ0v) is 17.0. The SMILES string of the molecule is CC(C)(CCCCCC(O)C1CCC(CC(C)(C)C(=O)O)CC1)C(=O)O. The number of aliphatic hydroxyl groups is 1. The summed E-state index contributed by atoms with van der Waals surface area (Å²) >= 11 is 0. The van der Waals surface area contributed by atoms with Gasteiger partial charge in [-0.15, -0.1) is 0 Å². The van der Waals surface area contributed by atoms with Crippen LogP contribution in [0.1, 0.15) is 91.9 Å². The highest BCUT2D eigenvalue weighted by atomic mass is 16.4. The average Bonchev–Trinajstić information content (AvgIpc) is 2.54. The molecule has 1 atom stereocenters. The number of aliphatic hydroxyl groups excluding tert-OH is 1. The Labute approximate surface area is 158 Å². The fourth-order valence-electron chi connectivity index (χ4n) is 4.03. The molecule has 0 saturated heterocycles. The maximum absolute atomic E-state index is 11.3. The molecule has 0 heterocycles. The van der Waals surface area contributed by atoms with E-state index in [1.807, 2.05) is 0 Å². The molecular formula is C21H38O5. The average molecular weight is 371 g/mol. The van der Waals surface area contributed by atoms with Crippen molar-refractivity contribution in [3.8, 4) is 0 Å². The largest absolute Gasteiger partial charge is 0.481 e. The minimum atomic E-state index is -0.750. The molecule has 5 heteroatoms. The van der Waals surface area contributed by atoms with Crippen LogP contribution < -0.4 is 0 Å². The van der Waals surface area contributed by atoms with Crippen LogP contribution in [0, 0.1) is 22.7 Å². The first-order chi connectivity index (χ1) is 12.0. The van der Waals surface area contributed by atoms with Crippen molar-refractivity contribution >= 4 is 11.9 Å². The second-order valence-corrected chi connectivity index (χ2v) is 9.53. The fraction of sp³-hybridized carbons (Fsp3) is 0.905. The highest BCUT2D eigenvalue weighted by Gasteiger charge is 2.34. The number of carboxylic acids is 2. The topological polar surface area (TPSA) is 94.8 Å². The molecule has 0 aliphatic heterocycles. The number of aliphatic carboxylic acids is 2. The lowest BCUT2D eigenvalue weighted by Gasteiger charge is -2.34. The van der Waals surface area contributed by atoms with Gasteiger partial charge in [0.15, 0.2) is 0 Å². The van der Waals surface area contributed by atoms with Crippen LogP contribution >= 0.6 is 0 Å². The zero-order valence-electron chi connectivity index (χ0n) is 17.0. The first kappa shape index (κ1) is 22.9. The van der Waals surface area contributed by atoms with Gasteiger partial charge in [-0.3, -0.25) is 9.59 Å². The van der Waals surface area contributed by atoms with E-state index in [1.54, 1.807) is 27.7 Å². The lowest BCUT2D eigenvalue weighted by Crippen LogP contribution is -2.31. The summed E-state index contributed by atoms with van der Waals surface area (Å²) in [4.78, 5) is 22.3. The van der Waals surface area contributed by atoms with Gasteiger partial charge >= 0.3 is 11.9 Å². The summed E-state index contributed by atoms with van der Waals surface area (Å²) in [6.07, 6.45) is 8.62. The third kappa shape index (κ3) is 7.26. The zero-order chi connectivity index (χ0) is 20.0. The van der Waals surface area contributed by atoms with Crippen molar-refractivity contribution in [1.29, 1.82) is 0 Å². The number of rotatable bonds is 11. The predicted molar refractivity (Wildman–Crippen MR) is 102 cm³/mol. The van der Waals surface area contributed by atoms with E-state index in [0.29, 0.717) is 24.7 Å². The molecule has 1 unspecified atom stereocenters. The van der Waals surface area contributed by atoms with E-state index >= 15 is 0 Å². The minimum Gasteiger partial charge on any atom is -0.481 e. The Balaban J connectivity index is 2.23. The molecule has 0 spiro atoms. The third-order valence-corrected chi connectivity index (χ3v) is 6.19. The number of carboxylic acid groups (broad SMARTS) is 2. The van der Waals surface area contributed by atoms with Gasteiger partial charge in [0.25, 0.3) is 0 Å². The molecule has 152 valence electrons. The van der Waals surface area contributed by atoms with Crippen molar-refractivity contribution in [2.24, 2.45) is 22.7 Å². The van der Waals surface area contributed by atoms with E-state index in [4.69, 9.17) is 5.11 Å². The second kappa shape index (κ2) is 9.72. The van der Waals surface area contributed by atoms with Crippen molar-refractivity contribution in [2.45, 2.75) is 98.0 Å². The van der Waals surface area contributed by atoms with Crippen LogP contribution in [0.4, 0.5) is 0 Å². The first-order valence-corrected chi connectivity index (χ1v) is 10.1. The standard InChI is InChI=1S/C21H38O5/c1-20(2,18(23)24)13-7-5-6-8-17(22)16-11-9-15(10-12-16)14-21(3,4)19(25)26/h15-17,22H,5-14H2,1-4H3,(H,23,24)(H,25,26). The molecule has 5 nitrogen and oxygen atoms in total. The van der Waals surface area contributed by atoms with E-state index in [-0.39, 0.29) is 6.10 Å². The number of carbonyl (C=O) groups is 2. The third-order valence-electron chi connectivity index (χ3n) is 6.19. The summed E-state index contributed by atoms with van der Waals surface area (Å²) in [6.45, 7) is 7.10. The van der Waals surface area contributed by atoms with E-state index < -0.39 is 22.8 Å². The maximum atomic E-state index is 11.3. The Kier molecular flexibility index (Phi) is 8.58. The summed E-state index contributed by atoms with van der Waals surface area (Å²) in [5.41, 5.74) is -1.33. The summed E-state index contributed by atoms with van der Waals surface area (Å²) < 4.78 is 0. The van der Waals surface area contributed by atoms with Gasteiger partial charge in [-0.25, -0.2) is 0 Å². The van der Waals surface area contributed by atoms with Gasteiger partial charge in [0, 0.05) is 0 Å². The second-order valence-electron chi connectivity index (χ2n) is 9.53. The number of hydrogen-bond acceptors (Lipinski definition) is 3. The van der Waals surface area contributed by atoms with E-state index in [2.05, 4.69) is 0 Å². The molecular weight excluding hydrogens is 332 g/mol. The molecule has 26 heavy (non-hydrogen) atoms. The molecule has 3 N–H and O–H groups in total. The van der Waals surface area contributed by atoms with Gasteiger partial charge in [0.05, 0.1) is 16.9 Å². The van der Waals surface area contributed by atoms with Gasteiger partial charge in [-0.2, -0.15) is 0 Å². The van der Waals surface area contributed by atoms with Gasteiger partial charge in [0.2, 0.25) is 0 Å². The highest BCUT2D eigenvalue weighted by molar-refractivity contribution is 5.73. The highest BCUT2D eigenvalue weighted by Crippen LogP contribution is 2.38. The summed E-state index contributed by atoms with van der Waals surface area (Å²) in [5, 5.41) is 28.8. The molecule has 1 rings (SSSR count). The van der Waals surface area contributed by atoms with Crippen LogP contribution in [0.3, 0.4) is 0 Å². The summed E-state index contributed by atoms with van der Waals surface area (Å²) in [5.74, 6) is -0.705. The van der Waals surface area contributed by atoms with Crippen molar-refractivity contribution in [2.75, 3.05) is 0 Å². The van der Waals surface area contributed by atoms with Gasteiger partial charge < -0.3 is 15.3 Å². The van der Waals surface area contributed by atoms with Crippen LogP contribution in [0.25, 0.3) is 0 Å². The molecule has 0 aromatic carbocycles. The van der Waals surface area contributed by atoms with Crippen molar-refractivity contribution in [3.05, 3.63) is 0 Å². The molecule has 0 aromatic heterocycles. The Morgan fingerprint density at radius 2 is 1.42 bits per heavy atom. The van der Waals surface area contributed by atoms with Gasteiger partial charge in [-0.1, -0.05) is 32.1 Å². The number of unbranched alkanes of at least 4 members (excludes halogenated alkanes) is 2. The molecule has 0 radical (unpaired) electrons. The molecule has 0 aromatic rings. The molecule has 1 saturated carbocycles. The summed E-state index contributed by atoms with van der Waals surface area (Å²) in [7, 11) is 0. The van der Waals surface area contributed by atoms with Crippen LogP contribution in [-0.2, 0) is 9.59 Å². The molecule has 0 amide bonds. The van der Waals surface area contributed by atoms with Crippen LogP contribution in [0.5, 0.6) is 0 Å². The van der Waals surface area contributed by atoms with Gasteiger partial charge in [0.1, 0.15) is 0 Å². The Hall–Kier alpha value is -1.10. The Morgan fingerprint density at radius 3 is 1.92 bits per heavy atom. The lowest BCUT2D eigenvalue weighted by molar-refractivity contribution is -0.148. The quantitative estimate of drug-likeness (QED) is 0.458. The van der Waals surface area contributed by atoms with Crippen LogP contribution in [0.15, 0.2) is 0 Å². The Morgan fingerprint density at radius 1 is 0.885 bits per heavy atom. The van der Waals surface area contributed by atoms with Crippen LogP contribution in [0.2, 0.25) is 0 Å². The van der Waals surface area contributed by atoms with E-state index in [9.17, 15) is 19.8 Å². The lowest BCUT2D eigenvalue weighted by atomic mass is 9.72. The first-order valence-electron chi connectivity index (χ1n) is 10.1. The predicted octanol–water partition coefficient (Wildman–Crippen LogP) is 4.72. The molecule has 0 bridgehead atoms. The fourth-order valence-corrected chi connectivity index (χ4v) is 4.03. The molecule has 1 aliphatic rings. The minimum absolute atomic E-state index is 0.282.